The minimum absolute atomic E-state index is 0.0179. The summed E-state index contributed by atoms with van der Waals surface area (Å²) in [5.74, 6) is -0.778. The molecule has 1 fully saturated rings. The highest BCUT2D eigenvalue weighted by atomic mass is 32.2. The zero-order chi connectivity index (χ0) is 14.8. The van der Waals surface area contributed by atoms with Crippen LogP contribution in [0.5, 0.6) is 0 Å². The predicted octanol–water partition coefficient (Wildman–Crippen LogP) is 2.75. The lowest BCUT2D eigenvalue weighted by atomic mass is 9.95. The molecule has 2 rings (SSSR count). The van der Waals surface area contributed by atoms with Crippen LogP contribution in [0.3, 0.4) is 0 Å². The quantitative estimate of drug-likeness (QED) is 0.870. The van der Waals surface area contributed by atoms with Crippen LogP contribution in [0.1, 0.15) is 39.0 Å². The first kappa shape index (κ1) is 15.3. The van der Waals surface area contributed by atoms with Gasteiger partial charge in [0, 0.05) is 18.3 Å². The Bertz CT molecular complexity index is 569. The second kappa shape index (κ2) is 6.10. The first-order valence-corrected chi connectivity index (χ1v) is 8.47. The molecule has 20 heavy (non-hydrogen) atoms. The van der Waals surface area contributed by atoms with Gasteiger partial charge in [0.1, 0.15) is 10.7 Å². The first-order chi connectivity index (χ1) is 9.46. The van der Waals surface area contributed by atoms with Crippen LogP contribution in [-0.4, -0.2) is 25.3 Å². The smallest absolute Gasteiger partial charge is 0.246 e. The maximum Gasteiger partial charge on any atom is 0.246 e. The average molecular weight is 300 g/mol. The molecule has 2 N–H and O–H groups in total. The van der Waals surface area contributed by atoms with Crippen molar-refractivity contribution >= 4 is 15.7 Å². The highest BCUT2D eigenvalue weighted by molar-refractivity contribution is 7.89. The van der Waals surface area contributed by atoms with E-state index >= 15 is 0 Å². The minimum Gasteiger partial charge on any atom is -0.399 e. The first-order valence-electron chi connectivity index (χ1n) is 7.03. The molecule has 1 aromatic carbocycles. The molecule has 112 valence electrons. The highest BCUT2D eigenvalue weighted by Crippen LogP contribution is 2.29. The molecule has 6 heteroatoms. The summed E-state index contributed by atoms with van der Waals surface area (Å²) in [6, 6.07) is 3.72. The van der Waals surface area contributed by atoms with E-state index in [2.05, 4.69) is 0 Å². The molecular weight excluding hydrogens is 279 g/mol. The molecule has 1 aliphatic carbocycles. The maximum absolute atomic E-state index is 13.9. The van der Waals surface area contributed by atoms with E-state index in [1.165, 1.54) is 16.4 Å². The van der Waals surface area contributed by atoms with Crippen molar-refractivity contribution < 1.29 is 12.8 Å². The van der Waals surface area contributed by atoms with Gasteiger partial charge in [-0.05, 0) is 31.0 Å². The molecule has 0 saturated heterocycles. The standard InChI is InChI=1S/C14H21FN2O2S/c1-2-17(12-6-4-3-5-7-12)20(18,19)14-9-8-11(16)10-13(14)15/h8-10,12H,2-7,16H2,1H3. The summed E-state index contributed by atoms with van der Waals surface area (Å²) in [6.45, 7) is 2.15. The largest absolute Gasteiger partial charge is 0.399 e. The van der Waals surface area contributed by atoms with E-state index in [1.54, 1.807) is 6.92 Å². The number of hydrogen-bond acceptors (Lipinski definition) is 3. The van der Waals surface area contributed by atoms with Gasteiger partial charge in [0.25, 0.3) is 0 Å². The third-order valence-corrected chi connectivity index (χ3v) is 5.90. The molecule has 0 unspecified atom stereocenters. The fourth-order valence-corrected chi connectivity index (χ4v) is 4.59. The fraction of sp³-hybridized carbons (Fsp3) is 0.571. The van der Waals surface area contributed by atoms with Gasteiger partial charge in [0.05, 0.1) is 0 Å². The summed E-state index contributed by atoms with van der Waals surface area (Å²) in [7, 11) is -3.80. The van der Waals surface area contributed by atoms with Crippen LogP contribution in [0.15, 0.2) is 23.1 Å². The third-order valence-electron chi connectivity index (χ3n) is 3.84. The van der Waals surface area contributed by atoms with Crippen molar-refractivity contribution in [2.75, 3.05) is 12.3 Å². The number of hydrogen-bond donors (Lipinski definition) is 1. The molecule has 0 amide bonds. The Morgan fingerprint density at radius 3 is 2.50 bits per heavy atom. The number of rotatable bonds is 4. The molecule has 1 aliphatic rings. The zero-order valence-electron chi connectivity index (χ0n) is 11.7. The second-order valence-corrected chi connectivity index (χ2v) is 7.05. The van der Waals surface area contributed by atoms with Gasteiger partial charge in [-0.1, -0.05) is 26.2 Å². The number of nitrogens with zero attached hydrogens (tertiary/aromatic N) is 1. The molecule has 1 aromatic rings. The molecular formula is C14H21FN2O2S. The van der Waals surface area contributed by atoms with Crippen LogP contribution >= 0.6 is 0 Å². The van der Waals surface area contributed by atoms with Gasteiger partial charge in [-0.15, -0.1) is 0 Å². The number of sulfonamides is 1. The molecule has 0 atom stereocenters. The summed E-state index contributed by atoms with van der Waals surface area (Å²) in [4.78, 5) is -0.279. The van der Waals surface area contributed by atoms with Crippen molar-refractivity contribution in [1.82, 2.24) is 4.31 Å². The summed E-state index contributed by atoms with van der Waals surface area (Å²) in [6.07, 6.45) is 4.90. The van der Waals surface area contributed by atoms with Crippen LogP contribution < -0.4 is 5.73 Å². The highest BCUT2D eigenvalue weighted by Gasteiger charge is 2.32. The lowest BCUT2D eigenvalue weighted by Gasteiger charge is -2.32. The number of halogens is 1. The molecule has 0 aromatic heterocycles. The molecule has 0 radical (unpaired) electrons. The Morgan fingerprint density at radius 2 is 1.95 bits per heavy atom. The number of nitrogen functional groups attached to an aromatic ring is 1. The SMILES string of the molecule is CCN(C1CCCCC1)S(=O)(=O)c1ccc(N)cc1F. The van der Waals surface area contributed by atoms with Crippen molar-refractivity contribution in [2.24, 2.45) is 0 Å². The molecule has 0 bridgehead atoms. The van der Waals surface area contributed by atoms with E-state index in [1.807, 2.05) is 0 Å². The molecule has 4 nitrogen and oxygen atoms in total. The van der Waals surface area contributed by atoms with E-state index in [9.17, 15) is 12.8 Å². The number of nitrogens with two attached hydrogens (primary N) is 1. The van der Waals surface area contributed by atoms with E-state index in [0.717, 1.165) is 38.2 Å². The van der Waals surface area contributed by atoms with Crippen molar-refractivity contribution in [3.8, 4) is 0 Å². The second-order valence-electron chi connectivity index (χ2n) is 5.19. The summed E-state index contributed by atoms with van der Waals surface area (Å²) in [5.41, 5.74) is 5.70. The normalized spacial score (nSPS) is 17.6. The average Bonchev–Trinajstić information content (AvgIpc) is 2.40. The Kier molecular flexibility index (Phi) is 4.65. The predicted molar refractivity (Wildman–Crippen MR) is 77.3 cm³/mol. The molecule has 0 aliphatic heterocycles. The Balaban J connectivity index is 2.35. The third kappa shape index (κ3) is 2.96. The van der Waals surface area contributed by atoms with E-state index in [4.69, 9.17) is 5.73 Å². The monoisotopic (exact) mass is 300 g/mol. The maximum atomic E-state index is 13.9. The number of anilines is 1. The summed E-state index contributed by atoms with van der Waals surface area (Å²) < 4.78 is 40.6. The van der Waals surface area contributed by atoms with Crippen molar-refractivity contribution in [3.05, 3.63) is 24.0 Å². The Labute approximate surface area is 119 Å². The van der Waals surface area contributed by atoms with Gasteiger partial charge in [0.15, 0.2) is 0 Å². The van der Waals surface area contributed by atoms with Crippen molar-refractivity contribution in [2.45, 2.75) is 50.0 Å². The van der Waals surface area contributed by atoms with Gasteiger partial charge < -0.3 is 5.73 Å². The van der Waals surface area contributed by atoms with E-state index in [0.29, 0.717) is 6.54 Å². The Morgan fingerprint density at radius 1 is 1.30 bits per heavy atom. The lowest BCUT2D eigenvalue weighted by molar-refractivity contribution is 0.260. The van der Waals surface area contributed by atoms with Gasteiger partial charge in [-0.2, -0.15) is 4.31 Å². The number of benzene rings is 1. The topological polar surface area (TPSA) is 63.4 Å². The summed E-state index contributed by atoms with van der Waals surface area (Å²) in [5, 5.41) is 0. The molecule has 0 heterocycles. The Hall–Kier alpha value is -1.14. The van der Waals surface area contributed by atoms with Crippen LogP contribution in [0.25, 0.3) is 0 Å². The minimum atomic E-state index is -3.80. The van der Waals surface area contributed by atoms with Crippen LogP contribution in [0.2, 0.25) is 0 Å². The van der Waals surface area contributed by atoms with E-state index < -0.39 is 15.8 Å². The summed E-state index contributed by atoms with van der Waals surface area (Å²) >= 11 is 0. The zero-order valence-corrected chi connectivity index (χ0v) is 12.5. The van der Waals surface area contributed by atoms with Gasteiger partial charge >= 0.3 is 0 Å². The fourth-order valence-electron chi connectivity index (χ4n) is 2.85. The van der Waals surface area contributed by atoms with Gasteiger partial charge in [0.2, 0.25) is 10.0 Å². The molecule has 1 saturated carbocycles. The van der Waals surface area contributed by atoms with Crippen molar-refractivity contribution in [1.29, 1.82) is 0 Å². The van der Waals surface area contributed by atoms with Gasteiger partial charge in [-0.25, -0.2) is 12.8 Å². The van der Waals surface area contributed by atoms with Crippen LogP contribution in [0, 0.1) is 5.82 Å². The molecule has 0 spiro atoms. The van der Waals surface area contributed by atoms with E-state index in [-0.39, 0.29) is 16.6 Å². The van der Waals surface area contributed by atoms with Crippen LogP contribution in [-0.2, 0) is 10.0 Å². The van der Waals surface area contributed by atoms with Crippen molar-refractivity contribution in [3.63, 3.8) is 0 Å². The van der Waals surface area contributed by atoms with Crippen LogP contribution in [0.4, 0.5) is 10.1 Å². The lowest BCUT2D eigenvalue weighted by Crippen LogP contribution is -2.41. The van der Waals surface area contributed by atoms with Gasteiger partial charge in [-0.3, -0.25) is 0 Å².